The number of carbonyl (C=O) groups is 3. The second kappa shape index (κ2) is 59.9. The Labute approximate surface area is 441 Å². The van der Waals surface area contributed by atoms with Gasteiger partial charge in [-0.05, 0) is 83.5 Å². The van der Waals surface area contributed by atoms with Gasteiger partial charge in [0, 0.05) is 19.3 Å². The first-order valence-electron chi connectivity index (χ1n) is 31.1. The molecule has 0 aromatic carbocycles. The summed E-state index contributed by atoms with van der Waals surface area (Å²) in [5, 5.41) is 0. The number of rotatable bonds is 57. The zero-order valence-electron chi connectivity index (χ0n) is 47.5. The predicted molar refractivity (Wildman–Crippen MR) is 307 cm³/mol. The lowest BCUT2D eigenvalue weighted by Gasteiger charge is -2.18. The van der Waals surface area contributed by atoms with Crippen LogP contribution in [-0.2, 0) is 28.6 Å². The minimum Gasteiger partial charge on any atom is -0.462 e. The summed E-state index contributed by atoms with van der Waals surface area (Å²) >= 11 is 0. The predicted octanol–water partition coefficient (Wildman–Crippen LogP) is 21.0. The number of esters is 3. The lowest BCUT2D eigenvalue weighted by molar-refractivity contribution is -0.167. The van der Waals surface area contributed by atoms with Crippen LogP contribution < -0.4 is 0 Å². The highest BCUT2D eigenvalue weighted by molar-refractivity contribution is 5.71. The summed E-state index contributed by atoms with van der Waals surface area (Å²) in [4.78, 5) is 38.3. The van der Waals surface area contributed by atoms with E-state index in [1.54, 1.807) is 0 Å². The van der Waals surface area contributed by atoms with Gasteiger partial charge in [0.15, 0.2) is 6.10 Å². The van der Waals surface area contributed by atoms with Crippen molar-refractivity contribution >= 4 is 17.9 Å². The molecule has 0 saturated heterocycles. The van der Waals surface area contributed by atoms with E-state index in [0.29, 0.717) is 19.3 Å². The summed E-state index contributed by atoms with van der Waals surface area (Å²) in [6, 6.07) is 0. The molecule has 0 rings (SSSR count). The molecular formula is C65H118O6. The maximum Gasteiger partial charge on any atom is 0.306 e. The van der Waals surface area contributed by atoms with E-state index >= 15 is 0 Å². The van der Waals surface area contributed by atoms with Gasteiger partial charge in [0.2, 0.25) is 0 Å². The fourth-order valence-corrected chi connectivity index (χ4v) is 9.09. The van der Waals surface area contributed by atoms with E-state index in [9.17, 15) is 14.4 Å². The number of hydrogen-bond donors (Lipinski definition) is 0. The maximum absolute atomic E-state index is 12.9. The zero-order chi connectivity index (χ0) is 51.4. The SMILES string of the molecule is CCCCC/C=C\C/C=C\CCCCCCCCCC(=O)OCC(COC(=O)CCCCCCCCC/C=C\C/C=C\CCCCC)OC(=O)CCCCCCCCCCCCCCCCCCCCC. The number of carbonyl (C=O) groups excluding carboxylic acids is 3. The van der Waals surface area contributed by atoms with Crippen molar-refractivity contribution in [3.05, 3.63) is 48.6 Å². The molecule has 0 radical (unpaired) electrons. The molecule has 0 N–H and O–H groups in total. The average Bonchev–Trinajstić information content (AvgIpc) is 3.37. The van der Waals surface area contributed by atoms with Gasteiger partial charge in [-0.3, -0.25) is 14.4 Å². The summed E-state index contributed by atoms with van der Waals surface area (Å²) in [6.45, 7) is 6.63. The first-order valence-corrected chi connectivity index (χ1v) is 31.1. The maximum atomic E-state index is 12.9. The van der Waals surface area contributed by atoms with Gasteiger partial charge >= 0.3 is 17.9 Å². The molecule has 0 amide bonds. The Bertz CT molecular complexity index is 1170. The first kappa shape index (κ1) is 68.4. The van der Waals surface area contributed by atoms with Crippen LogP contribution in [0.3, 0.4) is 0 Å². The third-order valence-corrected chi connectivity index (χ3v) is 13.8. The average molecular weight is 996 g/mol. The van der Waals surface area contributed by atoms with Gasteiger partial charge < -0.3 is 14.2 Å². The molecule has 0 atom stereocenters. The molecular weight excluding hydrogens is 877 g/mol. The van der Waals surface area contributed by atoms with Crippen molar-refractivity contribution in [1.82, 2.24) is 0 Å². The van der Waals surface area contributed by atoms with Crippen LogP contribution in [-0.4, -0.2) is 37.2 Å². The Hall–Kier alpha value is -2.63. The smallest absolute Gasteiger partial charge is 0.306 e. The summed E-state index contributed by atoms with van der Waals surface area (Å²) in [7, 11) is 0. The molecule has 0 unspecified atom stereocenters. The zero-order valence-corrected chi connectivity index (χ0v) is 47.5. The van der Waals surface area contributed by atoms with E-state index in [1.807, 2.05) is 0 Å². The van der Waals surface area contributed by atoms with Crippen molar-refractivity contribution in [3.63, 3.8) is 0 Å². The largest absolute Gasteiger partial charge is 0.462 e. The van der Waals surface area contributed by atoms with Crippen LogP contribution in [0.5, 0.6) is 0 Å². The Morgan fingerprint density at radius 2 is 0.507 bits per heavy atom. The third-order valence-electron chi connectivity index (χ3n) is 13.8. The Balaban J connectivity index is 4.36. The molecule has 414 valence electrons. The minimum atomic E-state index is -0.778. The normalized spacial score (nSPS) is 11.9. The van der Waals surface area contributed by atoms with E-state index in [4.69, 9.17) is 14.2 Å². The topological polar surface area (TPSA) is 78.9 Å². The van der Waals surface area contributed by atoms with Gasteiger partial charge in [0.25, 0.3) is 0 Å². The van der Waals surface area contributed by atoms with E-state index in [-0.39, 0.29) is 31.1 Å². The third kappa shape index (κ3) is 58.1. The molecule has 0 spiro atoms. The molecule has 6 nitrogen and oxygen atoms in total. The van der Waals surface area contributed by atoms with Crippen molar-refractivity contribution < 1.29 is 28.6 Å². The fourth-order valence-electron chi connectivity index (χ4n) is 9.09. The van der Waals surface area contributed by atoms with Gasteiger partial charge in [-0.25, -0.2) is 0 Å². The quantitative estimate of drug-likeness (QED) is 0.0261. The molecule has 0 bridgehead atoms. The van der Waals surface area contributed by atoms with E-state index in [2.05, 4.69) is 69.4 Å². The first-order chi connectivity index (χ1) is 35.0. The van der Waals surface area contributed by atoms with Crippen LogP contribution in [0.25, 0.3) is 0 Å². The van der Waals surface area contributed by atoms with Crippen molar-refractivity contribution in [2.24, 2.45) is 0 Å². The molecule has 0 aliphatic rings. The van der Waals surface area contributed by atoms with Crippen molar-refractivity contribution in [2.75, 3.05) is 13.2 Å². The van der Waals surface area contributed by atoms with Crippen molar-refractivity contribution in [2.45, 2.75) is 335 Å². The van der Waals surface area contributed by atoms with Gasteiger partial charge in [-0.2, -0.15) is 0 Å². The number of unbranched alkanes of at least 4 members (excludes halogenated alkanes) is 38. The Morgan fingerprint density at radius 1 is 0.282 bits per heavy atom. The lowest BCUT2D eigenvalue weighted by atomic mass is 10.0. The number of hydrogen-bond acceptors (Lipinski definition) is 6. The van der Waals surface area contributed by atoms with Crippen LogP contribution in [0.1, 0.15) is 329 Å². The number of allylic oxidation sites excluding steroid dienone is 8. The molecule has 0 heterocycles. The molecule has 71 heavy (non-hydrogen) atoms. The molecule has 0 aliphatic heterocycles. The molecule has 6 heteroatoms. The van der Waals surface area contributed by atoms with Crippen LogP contribution in [0, 0.1) is 0 Å². The highest BCUT2D eigenvalue weighted by Crippen LogP contribution is 2.17. The Kier molecular flexibility index (Phi) is 57.7. The van der Waals surface area contributed by atoms with E-state index in [0.717, 1.165) is 83.5 Å². The summed E-state index contributed by atoms with van der Waals surface area (Å²) in [5.41, 5.74) is 0. The monoisotopic (exact) mass is 995 g/mol. The highest BCUT2D eigenvalue weighted by atomic mass is 16.6. The molecule has 0 saturated carbocycles. The van der Waals surface area contributed by atoms with Gasteiger partial charge in [0.1, 0.15) is 13.2 Å². The molecule has 0 aromatic heterocycles. The molecule has 0 fully saturated rings. The van der Waals surface area contributed by atoms with E-state index in [1.165, 1.54) is 205 Å². The summed E-state index contributed by atoms with van der Waals surface area (Å²) < 4.78 is 16.9. The second-order valence-corrected chi connectivity index (χ2v) is 21.0. The number of ether oxygens (including phenoxy) is 3. The van der Waals surface area contributed by atoms with Crippen LogP contribution >= 0.6 is 0 Å². The van der Waals surface area contributed by atoms with Gasteiger partial charge in [-0.1, -0.05) is 275 Å². The Morgan fingerprint density at radius 3 is 0.803 bits per heavy atom. The van der Waals surface area contributed by atoms with Gasteiger partial charge in [0.05, 0.1) is 0 Å². The second-order valence-electron chi connectivity index (χ2n) is 21.0. The van der Waals surface area contributed by atoms with Crippen molar-refractivity contribution in [3.8, 4) is 0 Å². The van der Waals surface area contributed by atoms with Crippen LogP contribution in [0.4, 0.5) is 0 Å². The van der Waals surface area contributed by atoms with Crippen LogP contribution in [0.15, 0.2) is 48.6 Å². The standard InChI is InChI=1S/C65H118O6/c1-4-7-10-13-16-19-22-25-28-31-32-35-38-41-44-47-50-53-56-59-65(68)71-62(60-69-63(66)57-54-51-48-45-42-39-36-33-29-26-23-20-17-14-11-8-5-2)61-70-64(67)58-55-52-49-46-43-40-37-34-30-27-24-21-18-15-12-9-6-3/h17-18,20-21,26-27,29-30,62H,4-16,19,22-25,28,31-61H2,1-3H3/b20-17-,21-18-,29-26-,30-27-. The fraction of sp³-hybridized carbons (Fsp3) is 0.831. The summed E-state index contributed by atoms with van der Waals surface area (Å²) in [6.07, 6.45) is 73.9. The minimum absolute atomic E-state index is 0.0767. The van der Waals surface area contributed by atoms with Crippen LogP contribution in [0.2, 0.25) is 0 Å². The van der Waals surface area contributed by atoms with Gasteiger partial charge in [-0.15, -0.1) is 0 Å². The molecule has 0 aliphatic carbocycles. The summed E-state index contributed by atoms with van der Waals surface area (Å²) in [5.74, 6) is -0.871. The highest BCUT2D eigenvalue weighted by Gasteiger charge is 2.19. The van der Waals surface area contributed by atoms with Crippen molar-refractivity contribution in [1.29, 1.82) is 0 Å². The van der Waals surface area contributed by atoms with E-state index < -0.39 is 6.10 Å². The lowest BCUT2D eigenvalue weighted by Crippen LogP contribution is -2.30. The molecule has 0 aromatic rings.